The first-order valence-corrected chi connectivity index (χ1v) is 9.00. The van der Waals surface area contributed by atoms with E-state index in [1.807, 2.05) is 12.4 Å². The number of hydrogen-bond donors (Lipinski definition) is 1. The van der Waals surface area contributed by atoms with Crippen molar-refractivity contribution in [3.8, 4) is 11.8 Å². The number of pyridine rings is 1. The summed E-state index contributed by atoms with van der Waals surface area (Å²) in [6.45, 7) is 1.15. The third-order valence-electron chi connectivity index (χ3n) is 5.48. The summed E-state index contributed by atoms with van der Waals surface area (Å²) in [4.78, 5) is 17.7. The molecule has 128 valence electrons. The molecule has 1 saturated heterocycles. The predicted octanol–water partition coefficient (Wildman–Crippen LogP) is 3.48. The van der Waals surface area contributed by atoms with Gasteiger partial charge in [-0.1, -0.05) is 11.8 Å². The fraction of sp³-hybridized carbons (Fsp3) is 0.600. The fourth-order valence-electron chi connectivity index (χ4n) is 3.95. The van der Waals surface area contributed by atoms with Crippen molar-refractivity contribution in [1.82, 2.24) is 9.88 Å². The molecule has 1 aliphatic heterocycles. The Morgan fingerprint density at radius 2 is 2.08 bits per heavy atom. The number of carboxylic acid groups (broad SMARTS) is 1. The summed E-state index contributed by atoms with van der Waals surface area (Å²) in [5.74, 6) is 6.32. The summed E-state index contributed by atoms with van der Waals surface area (Å²) in [5.41, 5.74) is 2.26. The van der Waals surface area contributed by atoms with Crippen molar-refractivity contribution in [3.63, 3.8) is 0 Å². The van der Waals surface area contributed by atoms with Crippen LogP contribution in [0.4, 0.5) is 0 Å². The molecular formula is C20H26N2O2. The SMILES string of the molecule is CN1CCCC1c1cncc(C#CCC2CCC(C(=O)O)CC2)c1. The van der Waals surface area contributed by atoms with Gasteiger partial charge >= 0.3 is 5.97 Å². The van der Waals surface area contributed by atoms with Gasteiger partial charge in [0.05, 0.1) is 5.92 Å². The molecule has 1 N–H and O–H groups in total. The maximum atomic E-state index is 11.0. The van der Waals surface area contributed by atoms with E-state index in [1.54, 1.807) is 0 Å². The zero-order valence-electron chi connectivity index (χ0n) is 14.4. The Hall–Kier alpha value is -1.86. The van der Waals surface area contributed by atoms with E-state index in [-0.39, 0.29) is 5.92 Å². The Labute approximate surface area is 144 Å². The number of hydrogen-bond acceptors (Lipinski definition) is 3. The van der Waals surface area contributed by atoms with Crippen LogP contribution < -0.4 is 0 Å². The van der Waals surface area contributed by atoms with Crippen LogP contribution in [-0.4, -0.2) is 34.6 Å². The third kappa shape index (κ3) is 4.15. The minimum Gasteiger partial charge on any atom is -0.481 e. The van der Waals surface area contributed by atoms with E-state index in [2.05, 4.69) is 34.8 Å². The minimum absolute atomic E-state index is 0.140. The Kier molecular flexibility index (Phi) is 5.52. The molecule has 2 heterocycles. The quantitative estimate of drug-likeness (QED) is 0.864. The highest BCUT2D eigenvalue weighted by atomic mass is 16.4. The van der Waals surface area contributed by atoms with Gasteiger partial charge in [-0.25, -0.2) is 0 Å². The second-order valence-electron chi connectivity index (χ2n) is 7.21. The normalized spacial score (nSPS) is 27.5. The van der Waals surface area contributed by atoms with Gasteiger partial charge in [0.15, 0.2) is 0 Å². The van der Waals surface area contributed by atoms with Crippen molar-refractivity contribution in [1.29, 1.82) is 0 Å². The van der Waals surface area contributed by atoms with Gasteiger partial charge in [-0.05, 0) is 69.7 Å². The first kappa shape index (κ1) is 17.0. The fourth-order valence-corrected chi connectivity index (χ4v) is 3.95. The topological polar surface area (TPSA) is 53.4 Å². The van der Waals surface area contributed by atoms with Crippen LogP contribution in [0.25, 0.3) is 0 Å². The molecule has 1 aromatic rings. The molecule has 4 nitrogen and oxygen atoms in total. The number of rotatable bonds is 3. The molecule has 1 unspecified atom stereocenters. The van der Waals surface area contributed by atoms with Crippen molar-refractivity contribution in [2.75, 3.05) is 13.6 Å². The number of carbonyl (C=O) groups is 1. The van der Waals surface area contributed by atoms with Crippen LogP contribution in [0, 0.1) is 23.7 Å². The molecule has 24 heavy (non-hydrogen) atoms. The highest BCUT2D eigenvalue weighted by molar-refractivity contribution is 5.69. The van der Waals surface area contributed by atoms with Gasteiger partial charge in [0, 0.05) is 30.4 Å². The standard InChI is InChI=1S/C20H26N2O2/c1-22-11-3-6-19(22)18-12-16(13-21-14-18)5-2-4-15-7-9-17(10-8-15)20(23)24/h12-15,17,19H,3-4,6-11H2,1H3,(H,23,24). The van der Waals surface area contributed by atoms with Crippen LogP contribution in [0.1, 0.15) is 62.1 Å². The highest BCUT2D eigenvalue weighted by Gasteiger charge is 2.25. The van der Waals surface area contributed by atoms with Crippen LogP contribution in [-0.2, 0) is 4.79 Å². The molecular weight excluding hydrogens is 300 g/mol. The average Bonchev–Trinajstić information content (AvgIpc) is 3.02. The van der Waals surface area contributed by atoms with Gasteiger partial charge in [0.1, 0.15) is 0 Å². The molecule has 0 spiro atoms. The Balaban J connectivity index is 1.56. The van der Waals surface area contributed by atoms with Crippen molar-refractivity contribution in [2.45, 2.75) is 51.0 Å². The Bertz CT molecular complexity index is 639. The maximum Gasteiger partial charge on any atom is 0.306 e. The number of carboxylic acids is 1. The van der Waals surface area contributed by atoms with Crippen molar-refractivity contribution in [2.24, 2.45) is 11.8 Å². The van der Waals surface area contributed by atoms with Crippen molar-refractivity contribution < 1.29 is 9.90 Å². The van der Waals surface area contributed by atoms with Gasteiger partial charge < -0.3 is 5.11 Å². The molecule has 1 aromatic heterocycles. The van der Waals surface area contributed by atoms with Crippen molar-refractivity contribution in [3.05, 3.63) is 29.6 Å². The second-order valence-corrected chi connectivity index (χ2v) is 7.21. The molecule has 1 atom stereocenters. The van der Waals surface area contributed by atoms with E-state index in [9.17, 15) is 4.79 Å². The molecule has 0 aromatic carbocycles. The number of aliphatic carboxylic acids is 1. The number of aromatic nitrogens is 1. The van der Waals surface area contributed by atoms with Crippen LogP contribution in [0.15, 0.2) is 18.5 Å². The smallest absolute Gasteiger partial charge is 0.306 e. The molecule has 4 heteroatoms. The summed E-state index contributed by atoms with van der Waals surface area (Å²) < 4.78 is 0. The molecule has 1 aliphatic carbocycles. The first-order chi connectivity index (χ1) is 11.6. The van der Waals surface area contributed by atoms with E-state index >= 15 is 0 Å². The van der Waals surface area contributed by atoms with Gasteiger partial charge in [-0.3, -0.25) is 14.7 Å². The van der Waals surface area contributed by atoms with E-state index in [0.29, 0.717) is 12.0 Å². The zero-order valence-corrected chi connectivity index (χ0v) is 14.4. The van der Waals surface area contributed by atoms with Gasteiger partial charge in [0.25, 0.3) is 0 Å². The largest absolute Gasteiger partial charge is 0.481 e. The van der Waals surface area contributed by atoms with Gasteiger partial charge in [0.2, 0.25) is 0 Å². The lowest BCUT2D eigenvalue weighted by Crippen LogP contribution is -2.21. The second kappa shape index (κ2) is 7.81. The molecule has 2 aliphatic rings. The molecule has 0 bridgehead atoms. The van der Waals surface area contributed by atoms with Crippen LogP contribution in [0.5, 0.6) is 0 Å². The molecule has 1 saturated carbocycles. The number of nitrogens with zero attached hydrogens (tertiary/aromatic N) is 2. The predicted molar refractivity (Wildman–Crippen MR) is 93.4 cm³/mol. The summed E-state index contributed by atoms with van der Waals surface area (Å²) in [6.07, 6.45) is 10.7. The zero-order chi connectivity index (χ0) is 16.9. The first-order valence-electron chi connectivity index (χ1n) is 9.00. The summed E-state index contributed by atoms with van der Waals surface area (Å²) in [7, 11) is 2.17. The summed E-state index contributed by atoms with van der Waals surface area (Å²) in [6, 6.07) is 2.65. The summed E-state index contributed by atoms with van der Waals surface area (Å²) in [5, 5.41) is 9.05. The van der Waals surface area contributed by atoms with Gasteiger partial charge in [-0.15, -0.1) is 0 Å². The highest BCUT2D eigenvalue weighted by Crippen LogP contribution is 2.31. The van der Waals surface area contributed by atoms with Crippen LogP contribution in [0.2, 0.25) is 0 Å². The summed E-state index contributed by atoms with van der Waals surface area (Å²) >= 11 is 0. The van der Waals surface area contributed by atoms with Crippen LogP contribution in [0.3, 0.4) is 0 Å². The van der Waals surface area contributed by atoms with E-state index in [4.69, 9.17) is 5.11 Å². The van der Waals surface area contributed by atoms with Crippen molar-refractivity contribution >= 4 is 5.97 Å². The van der Waals surface area contributed by atoms with E-state index in [0.717, 1.165) is 44.2 Å². The lowest BCUT2D eigenvalue weighted by molar-refractivity contribution is -0.143. The Morgan fingerprint density at radius 3 is 2.75 bits per heavy atom. The molecule has 3 rings (SSSR count). The monoisotopic (exact) mass is 326 g/mol. The minimum atomic E-state index is -0.640. The Morgan fingerprint density at radius 1 is 1.29 bits per heavy atom. The average molecular weight is 326 g/mol. The molecule has 0 radical (unpaired) electrons. The third-order valence-corrected chi connectivity index (χ3v) is 5.48. The lowest BCUT2D eigenvalue weighted by Gasteiger charge is -2.24. The van der Waals surface area contributed by atoms with E-state index in [1.165, 1.54) is 18.4 Å². The van der Waals surface area contributed by atoms with E-state index < -0.39 is 5.97 Å². The van der Waals surface area contributed by atoms with Gasteiger partial charge in [-0.2, -0.15) is 0 Å². The number of likely N-dealkylation sites (tertiary alicyclic amines) is 1. The maximum absolute atomic E-state index is 11.0. The van der Waals surface area contributed by atoms with Crippen LogP contribution >= 0.6 is 0 Å². The molecule has 0 amide bonds. The lowest BCUT2D eigenvalue weighted by atomic mass is 9.81. The molecule has 2 fully saturated rings.